The Balaban J connectivity index is 2.06. The first-order valence-corrected chi connectivity index (χ1v) is 7.98. The van der Waals surface area contributed by atoms with Crippen LogP contribution < -0.4 is 4.72 Å². The smallest absolute Gasteiger partial charge is 0.210 e. The minimum absolute atomic E-state index is 0.275. The maximum atomic E-state index is 13.4. The molecule has 0 radical (unpaired) electrons. The topological polar surface area (TPSA) is 46.2 Å². The Morgan fingerprint density at radius 2 is 2.18 bits per heavy atom. The number of hydrogen-bond acceptors (Lipinski definition) is 3. The predicted molar refractivity (Wildman–Crippen MR) is 67.1 cm³/mol. The molecule has 1 unspecified atom stereocenters. The van der Waals surface area contributed by atoms with Crippen LogP contribution in [-0.4, -0.2) is 26.0 Å². The second-order valence-electron chi connectivity index (χ2n) is 3.92. The fourth-order valence-corrected chi connectivity index (χ4v) is 4.21. The normalized spacial score (nSPS) is 20.6. The maximum Gasteiger partial charge on any atom is 0.243 e. The molecule has 2 rings (SSSR count). The number of sulfonamides is 1. The summed E-state index contributed by atoms with van der Waals surface area (Å²) in [6, 6.07) is 5.42. The molecule has 94 valence electrons. The van der Waals surface area contributed by atoms with Gasteiger partial charge < -0.3 is 0 Å². The lowest BCUT2D eigenvalue weighted by Crippen LogP contribution is -2.30. The van der Waals surface area contributed by atoms with Gasteiger partial charge in [0.1, 0.15) is 10.7 Å². The zero-order valence-electron chi connectivity index (χ0n) is 9.23. The average Bonchev–Trinajstić information content (AvgIpc) is 2.80. The molecule has 1 fully saturated rings. The molecule has 1 aromatic rings. The molecule has 1 heterocycles. The summed E-state index contributed by atoms with van der Waals surface area (Å²) in [5.74, 6) is 0.366. The molecule has 3 nitrogen and oxygen atoms in total. The van der Waals surface area contributed by atoms with Gasteiger partial charge in [0.05, 0.1) is 0 Å². The highest BCUT2D eigenvalue weighted by atomic mass is 32.2. The van der Waals surface area contributed by atoms with Crippen LogP contribution in [0.15, 0.2) is 29.2 Å². The Kier molecular flexibility index (Phi) is 4.06. The highest BCUT2D eigenvalue weighted by Crippen LogP contribution is 2.25. The molecule has 0 spiro atoms. The van der Waals surface area contributed by atoms with Crippen molar-refractivity contribution in [3.05, 3.63) is 30.1 Å². The lowest BCUT2D eigenvalue weighted by molar-refractivity contribution is 0.555. The predicted octanol–water partition coefficient (Wildman–Crippen LogP) is 2.00. The van der Waals surface area contributed by atoms with Crippen LogP contribution >= 0.6 is 11.8 Å². The van der Waals surface area contributed by atoms with Crippen molar-refractivity contribution in [3.63, 3.8) is 0 Å². The molecule has 1 atom stereocenters. The fraction of sp³-hybridized carbons (Fsp3) is 0.455. The van der Waals surface area contributed by atoms with E-state index < -0.39 is 15.8 Å². The first-order valence-electron chi connectivity index (χ1n) is 5.45. The lowest BCUT2D eigenvalue weighted by Gasteiger charge is -2.11. The highest BCUT2D eigenvalue weighted by molar-refractivity contribution is 8.00. The number of halogens is 1. The quantitative estimate of drug-likeness (QED) is 0.914. The second kappa shape index (κ2) is 5.37. The molecule has 17 heavy (non-hydrogen) atoms. The molecule has 0 aromatic heterocycles. The molecule has 1 aromatic carbocycles. The fourth-order valence-electron chi connectivity index (χ4n) is 1.75. The lowest BCUT2D eigenvalue weighted by atomic mass is 10.2. The third-order valence-corrected chi connectivity index (χ3v) is 5.51. The molecule has 0 amide bonds. The largest absolute Gasteiger partial charge is 0.243 e. The standard InChI is InChI=1S/C11H14FNO2S2/c12-10-5-1-2-6-11(10)17(14,15)13-8-9-4-3-7-16-9/h1-2,5-6,9,13H,3-4,7-8H2. The van der Waals surface area contributed by atoms with Gasteiger partial charge in [-0.2, -0.15) is 11.8 Å². The van der Waals surface area contributed by atoms with Gasteiger partial charge in [-0.3, -0.25) is 0 Å². The Morgan fingerprint density at radius 1 is 1.41 bits per heavy atom. The Morgan fingerprint density at radius 3 is 2.82 bits per heavy atom. The van der Waals surface area contributed by atoms with E-state index in [2.05, 4.69) is 4.72 Å². The minimum Gasteiger partial charge on any atom is -0.210 e. The molecule has 6 heteroatoms. The molecule has 1 aliphatic heterocycles. The van der Waals surface area contributed by atoms with E-state index in [1.165, 1.54) is 18.2 Å². The monoisotopic (exact) mass is 275 g/mol. The van der Waals surface area contributed by atoms with Gasteiger partial charge in [0.15, 0.2) is 0 Å². The molecule has 0 saturated carbocycles. The Hall–Kier alpha value is -0.590. The van der Waals surface area contributed by atoms with Crippen molar-refractivity contribution in [2.24, 2.45) is 0 Å². The van der Waals surface area contributed by atoms with Crippen LogP contribution in [0.5, 0.6) is 0 Å². The minimum atomic E-state index is -3.72. The summed E-state index contributed by atoms with van der Waals surface area (Å²) in [6.45, 7) is 0.376. The van der Waals surface area contributed by atoms with Gasteiger partial charge in [-0.1, -0.05) is 12.1 Å². The molecule has 0 bridgehead atoms. The molecular formula is C11H14FNO2S2. The summed E-state index contributed by atoms with van der Waals surface area (Å²) >= 11 is 1.76. The van der Waals surface area contributed by atoms with E-state index in [9.17, 15) is 12.8 Å². The summed E-state index contributed by atoms with van der Waals surface area (Å²) in [5, 5.41) is 0.316. The summed E-state index contributed by atoms with van der Waals surface area (Å²) in [7, 11) is -3.72. The van der Waals surface area contributed by atoms with Crippen molar-refractivity contribution in [1.29, 1.82) is 0 Å². The number of benzene rings is 1. The Bertz CT molecular complexity index is 484. The van der Waals surface area contributed by atoms with Crippen LogP contribution in [0.1, 0.15) is 12.8 Å². The first kappa shape index (κ1) is 12.9. The van der Waals surface area contributed by atoms with Crippen LogP contribution in [-0.2, 0) is 10.0 Å². The van der Waals surface area contributed by atoms with E-state index in [1.807, 2.05) is 0 Å². The molecule has 1 N–H and O–H groups in total. The van der Waals surface area contributed by atoms with E-state index in [1.54, 1.807) is 11.8 Å². The van der Waals surface area contributed by atoms with Crippen molar-refractivity contribution < 1.29 is 12.8 Å². The van der Waals surface area contributed by atoms with E-state index in [-0.39, 0.29) is 4.90 Å². The van der Waals surface area contributed by atoms with Crippen molar-refractivity contribution >= 4 is 21.8 Å². The highest BCUT2D eigenvalue weighted by Gasteiger charge is 2.22. The molecule has 1 aliphatic rings. The van der Waals surface area contributed by atoms with Crippen LogP contribution in [0.4, 0.5) is 4.39 Å². The van der Waals surface area contributed by atoms with Gasteiger partial charge in [-0.05, 0) is 30.7 Å². The van der Waals surface area contributed by atoms with E-state index in [4.69, 9.17) is 0 Å². The summed E-state index contributed by atoms with van der Waals surface area (Å²) in [5.41, 5.74) is 0. The van der Waals surface area contributed by atoms with E-state index in [0.717, 1.165) is 24.7 Å². The first-order chi connectivity index (χ1) is 8.09. The number of rotatable bonds is 4. The molecular weight excluding hydrogens is 261 g/mol. The van der Waals surface area contributed by atoms with E-state index >= 15 is 0 Å². The van der Waals surface area contributed by atoms with Crippen molar-refractivity contribution in [2.45, 2.75) is 23.0 Å². The van der Waals surface area contributed by atoms with Gasteiger partial charge in [0, 0.05) is 11.8 Å². The van der Waals surface area contributed by atoms with Crippen LogP contribution in [0.3, 0.4) is 0 Å². The molecule has 1 saturated heterocycles. The molecule has 0 aliphatic carbocycles. The van der Waals surface area contributed by atoms with E-state index in [0.29, 0.717) is 11.8 Å². The van der Waals surface area contributed by atoms with Crippen LogP contribution in [0.2, 0.25) is 0 Å². The zero-order valence-corrected chi connectivity index (χ0v) is 10.9. The zero-order chi connectivity index (χ0) is 12.3. The van der Waals surface area contributed by atoms with Gasteiger partial charge in [0.25, 0.3) is 0 Å². The number of nitrogens with one attached hydrogen (secondary N) is 1. The third kappa shape index (κ3) is 3.20. The number of hydrogen-bond donors (Lipinski definition) is 1. The van der Waals surface area contributed by atoms with Gasteiger partial charge in [-0.15, -0.1) is 0 Å². The van der Waals surface area contributed by atoms with Gasteiger partial charge in [-0.25, -0.2) is 17.5 Å². The number of thioether (sulfide) groups is 1. The maximum absolute atomic E-state index is 13.4. The van der Waals surface area contributed by atoms with Crippen LogP contribution in [0.25, 0.3) is 0 Å². The third-order valence-electron chi connectivity index (χ3n) is 2.65. The summed E-state index contributed by atoms with van der Waals surface area (Å²) < 4.78 is 39.5. The van der Waals surface area contributed by atoms with Crippen molar-refractivity contribution in [3.8, 4) is 0 Å². The van der Waals surface area contributed by atoms with Gasteiger partial charge >= 0.3 is 0 Å². The SMILES string of the molecule is O=S(=O)(NCC1CCCS1)c1ccccc1F. The average molecular weight is 275 g/mol. The summed E-state index contributed by atoms with van der Waals surface area (Å²) in [6.07, 6.45) is 2.14. The van der Waals surface area contributed by atoms with Crippen molar-refractivity contribution in [1.82, 2.24) is 4.72 Å². The van der Waals surface area contributed by atoms with Gasteiger partial charge in [0.2, 0.25) is 10.0 Å². The van der Waals surface area contributed by atoms with Crippen LogP contribution in [0, 0.1) is 5.82 Å². The second-order valence-corrected chi connectivity index (χ2v) is 7.06. The summed E-state index contributed by atoms with van der Waals surface area (Å²) in [4.78, 5) is -0.275. The van der Waals surface area contributed by atoms with Crippen molar-refractivity contribution in [2.75, 3.05) is 12.3 Å². The Labute approximate surface area is 105 Å².